The van der Waals surface area contributed by atoms with Crippen molar-refractivity contribution in [3.8, 4) is 0 Å². The van der Waals surface area contributed by atoms with Crippen molar-refractivity contribution in [2.75, 3.05) is 6.61 Å². The number of carbonyl (C=O) groups is 1. The molecule has 0 fully saturated rings. The second-order valence-electron chi connectivity index (χ2n) is 5.68. The van der Waals surface area contributed by atoms with E-state index in [9.17, 15) is 9.59 Å². The molecule has 1 heterocycles. The number of benzene rings is 2. The molecule has 1 aromatic heterocycles. The monoisotopic (exact) mass is 321 g/mol. The smallest absolute Gasteiger partial charge is 0.251 e. The number of H-pyrrole nitrogens is 1. The van der Waals surface area contributed by atoms with Crippen LogP contribution in [0.25, 0.3) is 10.9 Å². The molecule has 24 heavy (non-hydrogen) atoms. The van der Waals surface area contributed by atoms with Crippen molar-refractivity contribution < 1.29 is 9.53 Å². The lowest BCUT2D eigenvalue weighted by Gasteiger charge is -2.06. The molecule has 0 saturated heterocycles. The zero-order valence-electron chi connectivity index (χ0n) is 13.5. The summed E-state index contributed by atoms with van der Waals surface area (Å²) in [5.74, 6) is -0.0721. The van der Waals surface area contributed by atoms with Crippen molar-refractivity contribution in [2.45, 2.75) is 20.0 Å². The highest BCUT2D eigenvalue weighted by atomic mass is 16.5. The number of aromatic nitrogens is 1. The zero-order chi connectivity index (χ0) is 16.9. The lowest BCUT2D eigenvalue weighted by atomic mass is 10.1. The van der Waals surface area contributed by atoms with Gasteiger partial charge < -0.3 is 9.72 Å². The first kappa shape index (κ1) is 16.1. The Kier molecular flexibility index (Phi) is 4.87. The van der Waals surface area contributed by atoms with E-state index in [-0.39, 0.29) is 17.9 Å². The molecule has 0 radical (unpaired) electrons. The summed E-state index contributed by atoms with van der Waals surface area (Å²) in [5.41, 5.74) is 3.00. The summed E-state index contributed by atoms with van der Waals surface area (Å²) in [4.78, 5) is 27.0. The molecule has 3 aromatic rings. The van der Waals surface area contributed by atoms with Gasteiger partial charge in [0.05, 0.1) is 6.61 Å². The molecule has 0 unspecified atom stereocenters. The number of carbonyl (C=O) groups excluding carboxylic acids is 1. The number of Topliss-reactive ketones (excluding diaryl/α,β-unsaturated/α-hetero) is 1. The molecule has 0 aliphatic heterocycles. The quantitative estimate of drug-likeness (QED) is 0.707. The predicted molar refractivity (Wildman–Crippen MR) is 94.4 cm³/mol. The van der Waals surface area contributed by atoms with E-state index in [4.69, 9.17) is 4.74 Å². The molecule has 0 bridgehead atoms. The highest BCUT2D eigenvalue weighted by Gasteiger charge is 2.09. The van der Waals surface area contributed by atoms with Gasteiger partial charge in [-0.2, -0.15) is 0 Å². The maximum atomic E-state index is 12.3. The largest absolute Gasteiger partial charge is 0.369 e. The molecule has 0 aliphatic carbocycles. The number of aryl methyl sites for hydroxylation is 1. The van der Waals surface area contributed by atoms with Gasteiger partial charge in [-0.15, -0.1) is 0 Å². The third-order valence-electron chi connectivity index (χ3n) is 3.97. The van der Waals surface area contributed by atoms with Crippen LogP contribution in [0.4, 0.5) is 0 Å². The standard InChI is InChI=1S/C20H19NO3/c1-2-15-10-17-11-16(8-9-18(17)21-20(15)23)19(22)13-24-12-14-6-4-3-5-7-14/h3-11H,2,12-13H2,1H3,(H,21,23). The normalized spacial score (nSPS) is 10.9. The number of hydrogen-bond donors (Lipinski definition) is 1. The Balaban J connectivity index is 1.72. The van der Waals surface area contributed by atoms with E-state index in [1.54, 1.807) is 18.2 Å². The number of fused-ring (bicyclic) bond motifs is 1. The molecule has 1 N–H and O–H groups in total. The lowest BCUT2D eigenvalue weighted by Crippen LogP contribution is -2.12. The third-order valence-corrected chi connectivity index (χ3v) is 3.97. The minimum atomic E-state index is -0.0738. The van der Waals surface area contributed by atoms with Crippen LogP contribution in [-0.4, -0.2) is 17.4 Å². The van der Waals surface area contributed by atoms with E-state index in [2.05, 4.69) is 4.98 Å². The highest BCUT2D eigenvalue weighted by molar-refractivity contribution is 6.00. The van der Waals surface area contributed by atoms with Crippen molar-refractivity contribution in [3.63, 3.8) is 0 Å². The fourth-order valence-electron chi connectivity index (χ4n) is 2.61. The van der Waals surface area contributed by atoms with Crippen molar-refractivity contribution in [3.05, 3.63) is 81.6 Å². The molecular weight excluding hydrogens is 302 g/mol. The fourth-order valence-corrected chi connectivity index (χ4v) is 2.61. The van der Waals surface area contributed by atoms with E-state index in [1.807, 2.05) is 43.3 Å². The summed E-state index contributed by atoms with van der Waals surface area (Å²) in [6, 6.07) is 16.9. The fraction of sp³-hybridized carbons (Fsp3) is 0.200. The summed E-state index contributed by atoms with van der Waals surface area (Å²) >= 11 is 0. The summed E-state index contributed by atoms with van der Waals surface area (Å²) in [6.45, 7) is 2.38. The summed E-state index contributed by atoms with van der Waals surface area (Å²) in [6.07, 6.45) is 0.656. The van der Waals surface area contributed by atoms with E-state index < -0.39 is 0 Å². The Hall–Kier alpha value is -2.72. The number of ether oxygens (including phenoxy) is 1. The van der Waals surface area contributed by atoms with Crippen LogP contribution < -0.4 is 5.56 Å². The summed E-state index contributed by atoms with van der Waals surface area (Å²) in [7, 11) is 0. The highest BCUT2D eigenvalue weighted by Crippen LogP contribution is 2.15. The van der Waals surface area contributed by atoms with Crippen molar-refractivity contribution in [2.24, 2.45) is 0 Å². The van der Waals surface area contributed by atoms with Crippen LogP contribution >= 0.6 is 0 Å². The molecule has 4 nitrogen and oxygen atoms in total. The number of nitrogens with one attached hydrogen (secondary N) is 1. The van der Waals surface area contributed by atoms with Crippen LogP contribution in [-0.2, 0) is 17.8 Å². The van der Waals surface area contributed by atoms with Gasteiger partial charge in [-0.05, 0) is 41.6 Å². The first-order chi connectivity index (χ1) is 11.7. The summed E-state index contributed by atoms with van der Waals surface area (Å²) in [5, 5.41) is 0.861. The van der Waals surface area contributed by atoms with Gasteiger partial charge >= 0.3 is 0 Å². The van der Waals surface area contributed by atoms with Crippen LogP contribution in [0.3, 0.4) is 0 Å². The molecule has 3 rings (SSSR count). The second kappa shape index (κ2) is 7.23. The first-order valence-electron chi connectivity index (χ1n) is 7.98. The van der Waals surface area contributed by atoms with Crippen molar-refractivity contribution >= 4 is 16.7 Å². The first-order valence-corrected chi connectivity index (χ1v) is 7.98. The Morgan fingerprint density at radius 3 is 2.62 bits per heavy atom. The zero-order valence-corrected chi connectivity index (χ0v) is 13.5. The second-order valence-corrected chi connectivity index (χ2v) is 5.68. The topological polar surface area (TPSA) is 59.2 Å². The van der Waals surface area contributed by atoms with Gasteiger partial charge in [-0.1, -0.05) is 37.3 Å². The lowest BCUT2D eigenvalue weighted by molar-refractivity contribution is 0.0727. The average molecular weight is 321 g/mol. The van der Waals surface area contributed by atoms with Crippen LogP contribution in [0.15, 0.2) is 59.4 Å². The van der Waals surface area contributed by atoms with Crippen LogP contribution in [0.1, 0.15) is 28.4 Å². The summed E-state index contributed by atoms with van der Waals surface area (Å²) < 4.78 is 5.50. The van der Waals surface area contributed by atoms with Crippen LogP contribution in [0, 0.1) is 0 Å². The number of hydrogen-bond acceptors (Lipinski definition) is 3. The van der Waals surface area contributed by atoms with Gasteiger partial charge in [0.1, 0.15) is 6.61 Å². The molecule has 0 spiro atoms. The molecule has 2 aromatic carbocycles. The minimum Gasteiger partial charge on any atom is -0.369 e. The number of rotatable bonds is 6. The van der Waals surface area contributed by atoms with E-state index in [0.717, 1.165) is 16.5 Å². The molecule has 122 valence electrons. The Morgan fingerprint density at radius 2 is 1.88 bits per heavy atom. The minimum absolute atomic E-state index is 0.0321. The predicted octanol–water partition coefficient (Wildman–Crippen LogP) is 3.49. The van der Waals surface area contributed by atoms with Crippen molar-refractivity contribution in [1.82, 2.24) is 4.98 Å². The molecule has 0 atom stereocenters. The van der Waals surface area contributed by atoms with E-state index in [1.165, 1.54) is 0 Å². The van der Waals surface area contributed by atoms with Gasteiger partial charge in [0.2, 0.25) is 0 Å². The molecular formula is C20H19NO3. The average Bonchev–Trinajstić information content (AvgIpc) is 2.61. The van der Waals surface area contributed by atoms with Gasteiger partial charge in [-0.3, -0.25) is 9.59 Å². The maximum absolute atomic E-state index is 12.3. The third kappa shape index (κ3) is 3.60. The van der Waals surface area contributed by atoms with Crippen LogP contribution in [0.5, 0.6) is 0 Å². The Labute approximate surface area is 140 Å². The van der Waals surface area contributed by atoms with Gasteiger partial charge in [0, 0.05) is 16.6 Å². The van der Waals surface area contributed by atoms with Gasteiger partial charge in [-0.25, -0.2) is 0 Å². The maximum Gasteiger partial charge on any atom is 0.251 e. The molecule has 0 aliphatic rings. The van der Waals surface area contributed by atoms with Gasteiger partial charge in [0.15, 0.2) is 5.78 Å². The van der Waals surface area contributed by atoms with E-state index >= 15 is 0 Å². The van der Waals surface area contributed by atoms with E-state index in [0.29, 0.717) is 24.2 Å². The van der Waals surface area contributed by atoms with Crippen molar-refractivity contribution in [1.29, 1.82) is 0 Å². The number of aromatic amines is 1. The van der Waals surface area contributed by atoms with Crippen LogP contribution in [0.2, 0.25) is 0 Å². The molecule has 4 heteroatoms. The number of ketones is 1. The Bertz CT molecular complexity index is 913. The Morgan fingerprint density at radius 1 is 1.08 bits per heavy atom. The molecule has 0 saturated carbocycles. The number of pyridine rings is 1. The molecule has 0 amide bonds. The van der Waals surface area contributed by atoms with Gasteiger partial charge in [0.25, 0.3) is 5.56 Å². The SMILES string of the molecule is CCc1cc2cc(C(=O)COCc3ccccc3)ccc2[nH]c1=O.